The van der Waals surface area contributed by atoms with Gasteiger partial charge in [-0.25, -0.2) is 0 Å². The van der Waals surface area contributed by atoms with Crippen molar-refractivity contribution in [2.24, 2.45) is 0 Å². The summed E-state index contributed by atoms with van der Waals surface area (Å²) in [6, 6.07) is 0.999. The number of hydrogen-bond acceptors (Lipinski definition) is 2. The Balaban J connectivity index is 2.03. The molecule has 56 valence electrons. The third kappa shape index (κ3) is 0.904. The van der Waals surface area contributed by atoms with E-state index >= 15 is 0 Å². The molecule has 1 heterocycles. The maximum absolute atomic E-state index is 10.8. The molecule has 1 saturated carbocycles. The average Bonchev–Trinajstić information content (AvgIpc) is 2.33. The fraction of sp³-hybridized carbons (Fsp3) is 0.857. The van der Waals surface area contributed by atoms with E-state index in [-0.39, 0.29) is 5.91 Å². The molecule has 1 amide bonds. The minimum Gasteiger partial charge on any atom is -0.351 e. The van der Waals surface area contributed by atoms with Crippen LogP contribution >= 0.6 is 0 Å². The smallest absolute Gasteiger partial charge is 0.234 e. The minimum absolute atomic E-state index is 0.156. The number of rotatable bonds is 0. The summed E-state index contributed by atoms with van der Waals surface area (Å²) < 4.78 is 0. The van der Waals surface area contributed by atoms with Crippen LogP contribution in [0, 0.1) is 0 Å². The Hall–Kier alpha value is -0.570. The second-order valence-corrected chi connectivity index (χ2v) is 3.09. The largest absolute Gasteiger partial charge is 0.351 e. The third-order valence-electron chi connectivity index (χ3n) is 2.39. The molecule has 0 aromatic carbocycles. The molecule has 3 heteroatoms. The van der Waals surface area contributed by atoms with Gasteiger partial charge in [0, 0.05) is 12.1 Å². The van der Waals surface area contributed by atoms with Crippen LogP contribution in [-0.2, 0) is 4.79 Å². The highest BCUT2D eigenvalue weighted by atomic mass is 16.2. The summed E-state index contributed by atoms with van der Waals surface area (Å²) in [6.07, 6.45) is 3.64. The Morgan fingerprint density at radius 2 is 2.10 bits per heavy atom. The maximum Gasteiger partial charge on any atom is 0.234 e. The fourth-order valence-corrected chi connectivity index (χ4v) is 1.86. The van der Waals surface area contributed by atoms with Crippen LogP contribution in [0.5, 0.6) is 0 Å². The summed E-state index contributed by atoms with van der Waals surface area (Å²) in [6.45, 7) is 0.515. The first-order chi connectivity index (χ1) is 4.86. The summed E-state index contributed by atoms with van der Waals surface area (Å²) in [5.74, 6) is 0.156. The number of amides is 1. The van der Waals surface area contributed by atoms with E-state index in [1.807, 2.05) is 0 Å². The molecule has 10 heavy (non-hydrogen) atoms. The fourth-order valence-electron chi connectivity index (χ4n) is 1.86. The number of fused-ring (bicyclic) bond motifs is 1. The van der Waals surface area contributed by atoms with E-state index < -0.39 is 0 Å². The first-order valence-corrected chi connectivity index (χ1v) is 3.89. The molecular formula is C7H12N2O. The maximum atomic E-state index is 10.8. The third-order valence-corrected chi connectivity index (χ3v) is 2.39. The molecule has 1 aliphatic carbocycles. The van der Waals surface area contributed by atoms with Gasteiger partial charge in [-0.15, -0.1) is 0 Å². The topological polar surface area (TPSA) is 41.1 Å². The van der Waals surface area contributed by atoms with Crippen LogP contribution in [0.15, 0.2) is 0 Å². The van der Waals surface area contributed by atoms with Crippen LogP contribution < -0.4 is 10.6 Å². The van der Waals surface area contributed by atoms with Gasteiger partial charge in [-0.3, -0.25) is 4.79 Å². The Morgan fingerprint density at radius 1 is 1.30 bits per heavy atom. The van der Waals surface area contributed by atoms with Crippen molar-refractivity contribution >= 4 is 5.91 Å². The van der Waals surface area contributed by atoms with Crippen LogP contribution in [-0.4, -0.2) is 24.5 Å². The van der Waals surface area contributed by atoms with Crippen LogP contribution in [0.3, 0.4) is 0 Å². The predicted octanol–water partition coefficient (Wildman–Crippen LogP) is -0.373. The molecule has 0 radical (unpaired) electrons. The quantitative estimate of drug-likeness (QED) is 0.482. The van der Waals surface area contributed by atoms with Crippen molar-refractivity contribution in [1.29, 1.82) is 0 Å². The Bertz CT molecular complexity index is 158. The van der Waals surface area contributed by atoms with Crippen LogP contribution in [0.1, 0.15) is 19.3 Å². The van der Waals surface area contributed by atoms with Crippen LogP contribution in [0.4, 0.5) is 0 Å². The normalized spacial score (nSPS) is 39.0. The highest BCUT2D eigenvalue weighted by Crippen LogP contribution is 2.20. The van der Waals surface area contributed by atoms with Gasteiger partial charge in [-0.05, 0) is 19.3 Å². The molecule has 2 atom stereocenters. The Labute approximate surface area is 60.2 Å². The van der Waals surface area contributed by atoms with E-state index in [0.717, 1.165) is 6.42 Å². The molecule has 2 N–H and O–H groups in total. The van der Waals surface area contributed by atoms with E-state index in [2.05, 4.69) is 10.6 Å². The second-order valence-electron chi connectivity index (χ2n) is 3.09. The number of hydrogen-bond donors (Lipinski definition) is 2. The molecule has 0 bridgehead atoms. The first-order valence-electron chi connectivity index (χ1n) is 3.89. The van der Waals surface area contributed by atoms with Crippen LogP contribution in [0.2, 0.25) is 0 Å². The van der Waals surface area contributed by atoms with Gasteiger partial charge in [0.2, 0.25) is 5.91 Å². The molecule has 2 fully saturated rings. The Morgan fingerprint density at radius 3 is 3.00 bits per heavy atom. The molecule has 1 aliphatic heterocycles. The van der Waals surface area contributed by atoms with Crippen molar-refractivity contribution in [3.05, 3.63) is 0 Å². The lowest BCUT2D eigenvalue weighted by molar-refractivity contribution is -0.122. The monoisotopic (exact) mass is 140 g/mol. The number of carbonyl (C=O) groups excluding carboxylic acids is 1. The van der Waals surface area contributed by atoms with Gasteiger partial charge in [0.15, 0.2) is 0 Å². The predicted molar refractivity (Wildman–Crippen MR) is 37.6 cm³/mol. The van der Waals surface area contributed by atoms with Gasteiger partial charge in [0.1, 0.15) is 0 Å². The minimum atomic E-state index is 0.156. The lowest BCUT2D eigenvalue weighted by Crippen LogP contribution is -2.56. The molecule has 3 nitrogen and oxygen atoms in total. The summed E-state index contributed by atoms with van der Waals surface area (Å²) in [4.78, 5) is 10.8. The van der Waals surface area contributed by atoms with Gasteiger partial charge in [0.25, 0.3) is 0 Å². The zero-order valence-corrected chi connectivity index (χ0v) is 5.89. The van der Waals surface area contributed by atoms with E-state index in [4.69, 9.17) is 0 Å². The lowest BCUT2D eigenvalue weighted by atomic mass is 10.1. The summed E-state index contributed by atoms with van der Waals surface area (Å²) in [7, 11) is 0. The van der Waals surface area contributed by atoms with Crippen LogP contribution in [0.25, 0.3) is 0 Å². The van der Waals surface area contributed by atoms with Gasteiger partial charge < -0.3 is 10.6 Å². The summed E-state index contributed by atoms with van der Waals surface area (Å²) in [5.41, 5.74) is 0. The molecule has 2 aliphatic rings. The highest BCUT2D eigenvalue weighted by Gasteiger charge is 2.31. The average molecular weight is 140 g/mol. The standard InChI is InChI=1S/C7H12N2O/c10-7-4-8-5-2-1-3-6(5)9-7/h5-6,8H,1-4H2,(H,9,10)/t5-,6+/m1/s1. The van der Waals surface area contributed by atoms with E-state index in [1.54, 1.807) is 0 Å². The highest BCUT2D eigenvalue weighted by molar-refractivity contribution is 5.79. The first kappa shape index (κ1) is 6.16. The van der Waals surface area contributed by atoms with Gasteiger partial charge >= 0.3 is 0 Å². The second kappa shape index (κ2) is 2.23. The molecule has 0 spiro atoms. The zero-order chi connectivity index (χ0) is 6.97. The Kier molecular flexibility index (Phi) is 1.38. The molecule has 0 aromatic rings. The van der Waals surface area contributed by atoms with Crippen molar-refractivity contribution in [3.63, 3.8) is 0 Å². The van der Waals surface area contributed by atoms with Crippen molar-refractivity contribution in [2.45, 2.75) is 31.3 Å². The number of nitrogens with one attached hydrogen (secondary N) is 2. The summed E-state index contributed by atoms with van der Waals surface area (Å²) in [5, 5.41) is 6.20. The van der Waals surface area contributed by atoms with Crippen molar-refractivity contribution in [3.8, 4) is 0 Å². The molecule has 1 saturated heterocycles. The van der Waals surface area contributed by atoms with Gasteiger partial charge in [-0.1, -0.05) is 0 Å². The van der Waals surface area contributed by atoms with E-state index in [0.29, 0.717) is 18.6 Å². The number of piperazine rings is 1. The van der Waals surface area contributed by atoms with Crippen molar-refractivity contribution in [2.75, 3.05) is 6.54 Å². The van der Waals surface area contributed by atoms with E-state index in [9.17, 15) is 4.79 Å². The zero-order valence-electron chi connectivity index (χ0n) is 5.89. The van der Waals surface area contributed by atoms with Crippen molar-refractivity contribution in [1.82, 2.24) is 10.6 Å². The molecule has 0 aromatic heterocycles. The summed E-state index contributed by atoms with van der Waals surface area (Å²) >= 11 is 0. The molecule has 2 rings (SSSR count). The lowest BCUT2D eigenvalue weighted by Gasteiger charge is -2.27. The number of carbonyl (C=O) groups is 1. The molecule has 0 unspecified atom stereocenters. The van der Waals surface area contributed by atoms with Gasteiger partial charge in [0.05, 0.1) is 6.54 Å². The van der Waals surface area contributed by atoms with Gasteiger partial charge in [-0.2, -0.15) is 0 Å². The SMILES string of the molecule is O=C1CN[C@@H]2CCC[C@@H]2N1. The van der Waals surface area contributed by atoms with E-state index in [1.165, 1.54) is 12.8 Å². The molecular weight excluding hydrogens is 128 g/mol. The van der Waals surface area contributed by atoms with Crippen molar-refractivity contribution < 1.29 is 4.79 Å².